The van der Waals surface area contributed by atoms with E-state index in [1.807, 2.05) is 0 Å². The molecular formula is C2H3BCl3N. The van der Waals surface area contributed by atoms with Gasteiger partial charge in [-0.1, -0.05) is 0 Å². The van der Waals surface area contributed by atoms with Crippen LogP contribution in [0.4, 0.5) is 0 Å². The summed E-state index contributed by atoms with van der Waals surface area (Å²) >= 11 is 15.6. The number of rotatable bonds is 0. The first-order valence-corrected chi connectivity index (χ1v) is 2.95. The Kier molecular flexibility index (Phi) is 2.83. The third-order valence-corrected chi connectivity index (χ3v) is 0.568. The number of hydrogen-bond acceptors (Lipinski definition) is 0. The fourth-order valence-corrected chi connectivity index (χ4v) is 0.439. The van der Waals surface area contributed by atoms with Crippen molar-refractivity contribution in [2.75, 3.05) is 0 Å². The average molecular weight is 158 g/mol. The molecule has 0 bridgehead atoms. The fraction of sp³-hybridized carbons (Fsp3) is 0.500. The standard InChI is InChI=1S/C2H3BCl3N/c1-2-7-3(4,5)6/h1H3. The van der Waals surface area contributed by atoms with Crippen molar-refractivity contribution in [1.82, 2.24) is 0 Å². The van der Waals surface area contributed by atoms with E-state index >= 15 is 0 Å². The zero-order valence-electron chi connectivity index (χ0n) is 3.66. The summed E-state index contributed by atoms with van der Waals surface area (Å²) in [5.74, 6) is 0. The summed E-state index contributed by atoms with van der Waals surface area (Å²) in [6.07, 6.45) is 0. The molecule has 40 valence electrons. The quantitative estimate of drug-likeness (QED) is 0.477. The Hall–Kier alpha value is 0.425. The first-order chi connectivity index (χ1) is 3.06. The zero-order chi connectivity index (χ0) is 5.91. The van der Waals surface area contributed by atoms with Crippen molar-refractivity contribution in [3.63, 3.8) is 0 Å². The summed E-state index contributed by atoms with van der Waals surface area (Å²) in [5.41, 5.74) is 0. The molecule has 0 unspecified atom stereocenters. The molecule has 0 spiro atoms. The van der Waals surface area contributed by atoms with Crippen LogP contribution in [0.15, 0.2) is 0 Å². The summed E-state index contributed by atoms with van der Waals surface area (Å²) in [6.45, 7) is 1.57. The molecule has 0 saturated heterocycles. The molecule has 0 amide bonds. The molecule has 0 aromatic rings. The van der Waals surface area contributed by atoms with Crippen LogP contribution in [0.5, 0.6) is 0 Å². The van der Waals surface area contributed by atoms with Crippen LogP contribution in [0.1, 0.15) is 6.92 Å². The minimum Gasteiger partial charge on any atom is -0.293 e. The van der Waals surface area contributed by atoms with Gasteiger partial charge in [-0.25, -0.2) is 34.4 Å². The Morgan fingerprint density at radius 2 is 1.86 bits per heavy atom. The van der Waals surface area contributed by atoms with E-state index in [-0.39, 0.29) is 0 Å². The zero-order valence-corrected chi connectivity index (χ0v) is 5.93. The van der Waals surface area contributed by atoms with E-state index in [4.69, 9.17) is 34.4 Å². The van der Waals surface area contributed by atoms with Gasteiger partial charge in [0, 0.05) is 0 Å². The minimum absolute atomic E-state index is 1.57. The molecule has 5 heteroatoms. The minimum atomic E-state index is -2.06. The highest BCUT2D eigenvalue weighted by Gasteiger charge is 2.27. The van der Waals surface area contributed by atoms with E-state index in [0.717, 1.165) is 0 Å². The lowest BCUT2D eigenvalue weighted by Crippen LogP contribution is -1.99. The predicted molar refractivity (Wildman–Crippen MR) is 36.2 cm³/mol. The smallest absolute Gasteiger partial charge is 0.293 e. The van der Waals surface area contributed by atoms with Gasteiger partial charge in [0.2, 0.25) is 0 Å². The van der Waals surface area contributed by atoms with E-state index < -0.39 is 4.53 Å². The molecule has 0 N–H and O–H groups in total. The SMILES string of the molecule is CC#[N+][B-](Cl)(Cl)Cl. The van der Waals surface area contributed by atoms with Gasteiger partial charge in [0.15, 0.2) is 6.07 Å². The third kappa shape index (κ3) is 6.42. The second kappa shape index (κ2) is 2.66. The molecule has 0 aromatic heterocycles. The first-order valence-electron chi connectivity index (χ1n) is 1.64. The topological polar surface area (TPSA) is 4.36 Å². The van der Waals surface area contributed by atoms with Crippen molar-refractivity contribution < 1.29 is 0 Å². The molecule has 0 aliphatic rings. The second-order valence-electron chi connectivity index (χ2n) is 0.893. The summed E-state index contributed by atoms with van der Waals surface area (Å²) in [7, 11) is 0. The van der Waals surface area contributed by atoms with Crippen LogP contribution in [-0.2, 0) is 0 Å². The Labute approximate surface area is 57.0 Å². The van der Waals surface area contributed by atoms with Gasteiger partial charge in [0.05, 0.1) is 6.92 Å². The third-order valence-electron chi connectivity index (χ3n) is 0.275. The van der Waals surface area contributed by atoms with E-state index in [1.54, 1.807) is 6.92 Å². The molecule has 1 nitrogen and oxygen atoms in total. The lowest BCUT2D eigenvalue weighted by atomic mass is 10.4. The lowest BCUT2D eigenvalue weighted by Gasteiger charge is -1.89. The normalized spacial score (nSPS) is 9.71. The maximum atomic E-state index is 5.20. The first kappa shape index (κ1) is 7.42. The van der Waals surface area contributed by atoms with Crippen molar-refractivity contribution in [2.45, 2.75) is 6.92 Å². The van der Waals surface area contributed by atoms with Crippen molar-refractivity contribution in [3.8, 4) is 6.07 Å². The van der Waals surface area contributed by atoms with Crippen LogP contribution in [0, 0.1) is 6.07 Å². The summed E-state index contributed by atoms with van der Waals surface area (Å²) in [5, 5.41) is 0. The fourth-order valence-electron chi connectivity index (χ4n) is 0.146. The van der Waals surface area contributed by atoms with Gasteiger partial charge in [-0.2, -0.15) is 0 Å². The van der Waals surface area contributed by atoms with Crippen molar-refractivity contribution in [1.29, 1.82) is 0 Å². The van der Waals surface area contributed by atoms with Gasteiger partial charge in [0.1, 0.15) is 0 Å². The average Bonchev–Trinajstić information content (AvgIpc) is 1.30. The highest BCUT2D eigenvalue weighted by molar-refractivity contribution is 7.66. The maximum Gasteiger partial charge on any atom is 0.646 e. The van der Waals surface area contributed by atoms with Crippen LogP contribution >= 0.6 is 34.4 Å². The maximum absolute atomic E-state index is 5.20. The van der Waals surface area contributed by atoms with E-state index in [9.17, 15) is 0 Å². The van der Waals surface area contributed by atoms with Gasteiger partial charge >= 0.3 is 4.53 Å². The van der Waals surface area contributed by atoms with Gasteiger partial charge in [-0.15, -0.1) is 0 Å². The lowest BCUT2D eigenvalue weighted by molar-refractivity contribution is 1.91. The molecule has 0 saturated carbocycles. The van der Waals surface area contributed by atoms with Crippen molar-refractivity contribution >= 4 is 38.9 Å². The summed E-state index contributed by atoms with van der Waals surface area (Å²) in [6, 6.07) is 2.36. The molecule has 0 aliphatic heterocycles. The van der Waals surface area contributed by atoms with Gasteiger partial charge in [0.25, 0.3) is 0 Å². The Balaban J connectivity index is 3.72. The molecule has 7 heavy (non-hydrogen) atoms. The van der Waals surface area contributed by atoms with Crippen molar-refractivity contribution in [3.05, 3.63) is 4.76 Å². The highest BCUT2D eigenvalue weighted by Crippen LogP contribution is 2.20. The molecule has 0 rings (SSSR count). The van der Waals surface area contributed by atoms with Gasteiger partial charge in [-0.05, 0) is 0 Å². The molecule has 0 aliphatic carbocycles. The largest absolute Gasteiger partial charge is 0.646 e. The Morgan fingerprint density at radius 1 is 1.43 bits per heavy atom. The van der Waals surface area contributed by atoms with Crippen LogP contribution in [-0.4, -0.2) is 4.53 Å². The van der Waals surface area contributed by atoms with Crippen LogP contribution in [0.25, 0.3) is 4.76 Å². The predicted octanol–water partition coefficient (Wildman–Crippen LogP) is 2.49. The number of halogens is 3. The second-order valence-corrected chi connectivity index (χ2v) is 3.46. The molecule has 0 radical (unpaired) electrons. The van der Waals surface area contributed by atoms with Crippen molar-refractivity contribution in [2.24, 2.45) is 0 Å². The van der Waals surface area contributed by atoms with E-state index in [2.05, 4.69) is 10.8 Å². The summed E-state index contributed by atoms with van der Waals surface area (Å²) in [4.78, 5) is 0. The van der Waals surface area contributed by atoms with E-state index in [0.29, 0.717) is 0 Å². The van der Waals surface area contributed by atoms with Crippen LogP contribution in [0.2, 0.25) is 0 Å². The number of hydrogen-bond donors (Lipinski definition) is 0. The summed E-state index contributed by atoms with van der Waals surface area (Å²) < 4.78 is 1.30. The number of nitrogens with zero attached hydrogens (tertiary/aromatic N) is 1. The van der Waals surface area contributed by atoms with Crippen LogP contribution in [0.3, 0.4) is 0 Å². The molecular weight excluding hydrogens is 155 g/mol. The Morgan fingerprint density at radius 3 is 1.86 bits per heavy atom. The van der Waals surface area contributed by atoms with Gasteiger partial charge < -0.3 is 0 Å². The monoisotopic (exact) mass is 157 g/mol. The van der Waals surface area contributed by atoms with Gasteiger partial charge in [-0.3, -0.25) is 4.76 Å². The molecule has 0 fully saturated rings. The molecule has 0 aromatic carbocycles. The van der Waals surface area contributed by atoms with E-state index in [1.165, 1.54) is 0 Å². The molecule has 0 atom stereocenters. The van der Waals surface area contributed by atoms with Crippen LogP contribution < -0.4 is 0 Å². The highest BCUT2D eigenvalue weighted by atomic mass is 35.6. The molecule has 0 heterocycles. The Bertz CT molecular complexity index is 106.